The molecule has 0 unspecified atom stereocenters. The highest BCUT2D eigenvalue weighted by molar-refractivity contribution is 9.11. The Morgan fingerprint density at radius 2 is 2.00 bits per heavy atom. The first-order valence-electron chi connectivity index (χ1n) is 8.26. The van der Waals surface area contributed by atoms with Crippen LogP contribution in [-0.2, 0) is 0 Å². The first kappa shape index (κ1) is 21.6. The summed E-state index contributed by atoms with van der Waals surface area (Å²) in [6.07, 6.45) is 3.14. The molecule has 3 aromatic rings. The van der Waals surface area contributed by atoms with Crippen molar-refractivity contribution in [1.29, 1.82) is 0 Å². The summed E-state index contributed by atoms with van der Waals surface area (Å²) in [6.45, 7) is 3.98. The van der Waals surface area contributed by atoms with Crippen LogP contribution in [0.5, 0.6) is 11.5 Å². The Bertz CT molecular complexity index is 1110. The minimum atomic E-state index is -0.461. The summed E-state index contributed by atoms with van der Waals surface area (Å²) in [6, 6.07) is 8.91. The van der Waals surface area contributed by atoms with Crippen molar-refractivity contribution < 1.29 is 18.7 Å². The first-order valence-corrected chi connectivity index (χ1v) is 10.6. The van der Waals surface area contributed by atoms with Crippen LogP contribution >= 0.6 is 47.8 Å². The third-order valence-electron chi connectivity index (χ3n) is 3.74. The fourth-order valence-corrected chi connectivity index (χ4v) is 4.42. The molecule has 0 spiro atoms. The maximum Gasteiger partial charge on any atom is 0.307 e. The zero-order valence-corrected chi connectivity index (χ0v) is 19.9. The summed E-state index contributed by atoms with van der Waals surface area (Å²) in [5.74, 6) is 0.787. The van der Waals surface area contributed by atoms with E-state index in [0.717, 1.165) is 14.3 Å². The quantitative estimate of drug-likeness (QED) is 0.208. The molecule has 0 aliphatic carbocycles. The van der Waals surface area contributed by atoms with Crippen LogP contribution in [0, 0.1) is 0 Å². The molecule has 1 amide bonds. The number of nitrogens with zero attached hydrogens (tertiary/aromatic N) is 1. The van der Waals surface area contributed by atoms with Gasteiger partial charge in [0, 0.05) is 9.86 Å². The number of hydrogen-bond donors (Lipinski definition) is 1. The Kier molecular flexibility index (Phi) is 7.15. The molecule has 9 heteroatoms. The van der Waals surface area contributed by atoms with Gasteiger partial charge < -0.3 is 13.9 Å². The Morgan fingerprint density at radius 1 is 1.21 bits per heavy atom. The molecule has 29 heavy (non-hydrogen) atoms. The normalized spacial score (nSPS) is 11.0. The second kappa shape index (κ2) is 9.60. The second-order valence-corrected chi connectivity index (χ2v) is 8.37. The minimum Gasteiger partial charge on any atom is -0.493 e. The third kappa shape index (κ3) is 5.09. The van der Waals surface area contributed by atoms with Gasteiger partial charge in [0.25, 0.3) is 0 Å². The average Bonchev–Trinajstić information content (AvgIpc) is 3.11. The van der Waals surface area contributed by atoms with Gasteiger partial charge in [-0.15, -0.1) is 0 Å². The van der Waals surface area contributed by atoms with Gasteiger partial charge in [-0.25, -0.2) is 5.43 Å². The van der Waals surface area contributed by atoms with Crippen LogP contribution in [0.15, 0.2) is 65.9 Å². The third-order valence-corrected chi connectivity index (χ3v) is 5.37. The van der Waals surface area contributed by atoms with Gasteiger partial charge in [-0.3, -0.25) is 4.79 Å². The number of furan rings is 1. The van der Waals surface area contributed by atoms with Gasteiger partial charge in [-0.05, 0) is 67.8 Å². The lowest BCUT2D eigenvalue weighted by Gasteiger charge is -2.12. The van der Waals surface area contributed by atoms with Crippen molar-refractivity contribution >= 4 is 70.9 Å². The van der Waals surface area contributed by atoms with Gasteiger partial charge in [0.15, 0.2) is 17.3 Å². The van der Waals surface area contributed by atoms with Crippen LogP contribution in [0.4, 0.5) is 0 Å². The molecule has 0 aliphatic rings. The van der Waals surface area contributed by atoms with Gasteiger partial charge in [0.2, 0.25) is 0 Å². The number of benzene rings is 2. The van der Waals surface area contributed by atoms with Crippen LogP contribution in [0.3, 0.4) is 0 Å². The number of rotatable bonds is 7. The zero-order chi connectivity index (χ0) is 21.0. The van der Waals surface area contributed by atoms with Gasteiger partial charge in [0.05, 0.1) is 22.3 Å². The molecule has 1 heterocycles. The number of amides is 1. The van der Waals surface area contributed by atoms with Crippen molar-refractivity contribution in [3.8, 4) is 11.5 Å². The van der Waals surface area contributed by atoms with Crippen molar-refractivity contribution in [2.24, 2.45) is 5.10 Å². The van der Waals surface area contributed by atoms with E-state index >= 15 is 0 Å². The lowest BCUT2D eigenvalue weighted by molar-refractivity contribution is 0.0929. The molecule has 0 atom stereocenters. The highest BCUT2D eigenvalue weighted by Crippen LogP contribution is 2.36. The molecule has 1 aromatic heterocycles. The van der Waals surface area contributed by atoms with Crippen LogP contribution in [0.2, 0.25) is 0 Å². The van der Waals surface area contributed by atoms with Crippen molar-refractivity contribution in [3.05, 3.63) is 67.7 Å². The van der Waals surface area contributed by atoms with Crippen LogP contribution in [0.1, 0.15) is 16.1 Å². The standard InChI is InChI=1S/C20H15Br3N2O4/c1-3-4-28-19-14(22)5-11(6-16(19)27-2)10-24-25-20(26)17-8-12-7-13(21)9-15(23)18(12)29-17/h3,5-10H,1,4H2,2H3,(H,25,26)/b24-10-. The Morgan fingerprint density at radius 3 is 2.72 bits per heavy atom. The van der Waals surface area contributed by atoms with Crippen LogP contribution < -0.4 is 14.9 Å². The summed E-state index contributed by atoms with van der Waals surface area (Å²) >= 11 is 10.3. The minimum absolute atomic E-state index is 0.155. The van der Waals surface area contributed by atoms with E-state index in [1.165, 1.54) is 6.21 Å². The number of hydrogen-bond acceptors (Lipinski definition) is 5. The van der Waals surface area contributed by atoms with Gasteiger partial charge in [-0.1, -0.05) is 28.6 Å². The summed E-state index contributed by atoms with van der Waals surface area (Å²) in [7, 11) is 1.54. The number of hydrazone groups is 1. The number of fused-ring (bicyclic) bond motifs is 1. The Balaban J connectivity index is 1.75. The van der Waals surface area contributed by atoms with Crippen LogP contribution in [-0.4, -0.2) is 25.8 Å². The molecule has 0 radical (unpaired) electrons. The Hall–Kier alpha value is -2.10. The van der Waals surface area contributed by atoms with Crippen LogP contribution in [0.25, 0.3) is 11.0 Å². The zero-order valence-electron chi connectivity index (χ0n) is 15.2. The molecule has 150 valence electrons. The SMILES string of the molecule is C=CCOc1c(Br)cc(/C=N\NC(=O)c2cc3cc(Br)cc(Br)c3o2)cc1OC. The van der Waals surface area contributed by atoms with E-state index in [2.05, 4.69) is 64.9 Å². The lowest BCUT2D eigenvalue weighted by Crippen LogP contribution is -2.16. The van der Waals surface area contributed by atoms with E-state index in [9.17, 15) is 4.79 Å². The maximum absolute atomic E-state index is 12.4. The largest absolute Gasteiger partial charge is 0.493 e. The molecule has 3 rings (SSSR count). The van der Waals surface area contributed by atoms with Gasteiger partial charge >= 0.3 is 5.91 Å². The van der Waals surface area contributed by atoms with E-state index in [1.54, 1.807) is 31.4 Å². The fraction of sp³-hybridized carbons (Fsp3) is 0.100. The maximum atomic E-state index is 12.4. The topological polar surface area (TPSA) is 73.1 Å². The van der Waals surface area contributed by atoms with Gasteiger partial charge in [-0.2, -0.15) is 5.10 Å². The van der Waals surface area contributed by atoms with Crippen molar-refractivity contribution in [1.82, 2.24) is 5.43 Å². The number of nitrogens with one attached hydrogen (secondary N) is 1. The predicted octanol–water partition coefficient (Wildman–Crippen LogP) is 6.06. The molecular formula is C20H15Br3N2O4. The molecule has 0 bridgehead atoms. The molecular weight excluding hydrogens is 572 g/mol. The summed E-state index contributed by atoms with van der Waals surface area (Å²) in [4.78, 5) is 12.4. The summed E-state index contributed by atoms with van der Waals surface area (Å²) in [5, 5.41) is 4.79. The van der Waals surface area contributed by atoms with Crippen molar-refractivity contribution in [2.75, 3.05) is 13.7 Å². The average molecular weight is 587 g/mol. The molecule has 6 nitrogen and oxygen atoms in total. The molecule has 0 aliphatic heterocycles. The number of halogens is 3. The molecule has 0 saturated carbocycles. The number of carbonyl (C=O) groups is 1. The number of ether oxygens (including phenoxy) is 2. The number of carbonyl (C=O) groups excluding carboxylic acids is 1. The molecule has 0 fully saturated rings. The molecule has 0 saturated heterocycles. The predicted molar refractivity (Wildman–Crippen MR) is 123 cm³/mol. The second-order valence-electron chi connectivity index (χ2n) is 5.75. The van der Waals surface area contributed by atoms with Crippen molar-refractivity contribution in [2.45, 2.75) is 0 Å². The van der Waals surface area contributed by atoms with E-state index in [1.807, 2.05) is 12.1 Å². The molecule has 2 aromatic carbocycles. The Labute approximate surface area is 192 Å². The van der Waals surface area contributed by atoms with E-state index < -0.39 is 5.91 Å². The fourth-order valence-electron chi connectivity index (χ4n) is 2.50. The lowest BCUT2D eigenvalue weighted by atomic mass is 10.2. The monoisotopic (exact) mass is 584 g/mol. The van der Waals surface area contributed by atoms with E-state index in [4.69, 9.17) is 13.9 Å². The van der Waals surface area contributed by atoms with E-state index in [0.29, 0.717) is 33.7 Å². The summed E-state index contributed by atoms with van der Waals surface area (Å²) < 4.78 is 18.9. The first-order chi connectivity index (χ1) is 13.9. The van der Waals surface area contributed by atoms with Crippen molar-refractivity contribution in [3.63, 3.8) is 0 Å². The highest BCUT2D eigenvalue weighted by atomic mass is 79.9. The molecule has 1 N–H and O–H groups in total. The number of methoxy groups -OCH3 is 1. The highest BCUT2D eigenvalue weighted by Gasteiger charge is 2.14. The summed E-state index contributed by atoms with van der Waals surface area (Å²) in [5.41, 5.74) is 3.75. The van der Waals surface area contributed by atoms with Gasteiger partial charge in [0.1, 0.15) is 12.2 Å². The van der Waals surface area contributed by atoms with E-state index in [-0.39, 0.29) is 5.76 Å². The smallest absolute Gasteiger partial charge is 0.307 e.